The minimum atomic E-state index is -0.782. The Labute approximate surface area is 215 Å². The summed E-state index contributed by atoms with van der Waals surface area (Å²) in [4.78, 5) is 36.0. The van der Waals surface area contributed by atoms with Crippen molar-refractivity contribution in [3.8, 4) is 22.6 Å². The number of piperazine rings is 1. The molecule has 2 aliphatic rings. The molecule has 37 heavy (non-hydrogen) atoms. The molecule has 1 amide bonds. The van der Waals surface area contributed by atoms with E-state index in [0.29, 0.717) is 28.9 Å². The molecule has 5 rings (SSSR count). The molecule has 3 aromatic rings. The third-order valence-corrected chi connectivity index (χ3v) is 6.78. The fraction of sp³-hybridized carbons (Fsp3) is 0.462. The monoisotopic (exact) mass is 509 g/mol. The van der Waals surface area contributed by atoms with E-state index in [9.17, 15) is 9.18 Å². The van der Waals surface area contributed by atoms with Crippen LogP contribution in [0.25, 0.3) is 22.6 Å². The van der Waals surface area contributed by atoms with E-state index in [-0.39, 0.29) is 24.9 Å². The zero-order valence-electron chi connectivity index (χ0n) is 21.6. The number of nitrogens with one attached hydrogen (secondary N) is 1. The molecule has 0 radical (unpaired) electrons. The minimum Gasteiger partial charge on any atom is -0.348 e. The molecular formula is C26H32FN7O3. The highest BCUT2D eigenvalue weighted by Gasteiger charge is 2.41. The zero-order chi connectivity index (χ0) is 26.2. The van der Waals surface area contributed by atoms with E-state index in [1.165, 1.54) is 17.0 Å². The van der Waals surface area contributed by atoms with Gasteiger partial charge in [0.2, 0.25) is 18.1 Å². The molecule has 196 valence electrons. The number of imidazole rings is 1. The Balaban J connectivity index is 1.47. The maximum absolute atomic E-state index is 13.7. The number of hydrogen-bond acceptors (Lipinski definition) is 8. The number of halogens is 1. The second kappa shape index (κ2) is 10.2. The number of rotatable bonds is 5. The number of carbonyl (C=O) groups excluding carboxylic acids is 1. The number of likely N-dealkylation sites (N-methyl/N-ethyl adjacent to an activating group) is 1. The fourth-order valence-electron chi connectivity index (χ4n) is 4.58. The van der Waals surface area contributed by atoms with Gasteiger partial charge in [-0.2, -0.15) is 0 Å². The number of ether oxygens (including phenoxy) is 2. The Hall–Kier alpha value is -3.41. The summed E-state index contributed by atoms with van der Waals surface area (Å²) in [6.45, 7) is 5.77. The molecule has 0 unspecified atom stereocenters. The summed E-state index contributed by atoms with van der Waals surface area (Å²) in [5, 5.41) is 0. The van der Waals surface area contributed by atoms with Crippen LogP contribution in [-0.4, -0.2) is 96.2 Å². The number of aromatic amines is 1. The van der Waals surface area contributed by atoms with E-state index in [4.69, 9.17) is 19.4 Å². The Morgan fingerprint density at radius 2 is 1.76 bits per heavy atom. The van der Waals surface area contributed by atoms with Gasteiger partial charge < -0.3 is 29.2 Å². The summed E-state index contributed by atoms with van der Waals surface area (Å²) < 4.78 is 25.6. The predicted octanol–water partition coefficient (Wildman–Crippen LogP) is 2.56. The second-order valence-corrected chi connectivity index (χ2v) is 10.1. The van der Waals surface area contributed by atoms with Crippen molar-refractivity contribution in [1.82, 2.24) is 29.7 Å². The lowest BCUT2D eigenvalue weighted by Crippen LogP contribution is -2.48. The zero-order valence-corrected chi connectivity index (χ0v) is 21.6. The molecule has 0 atom stereocenters. The van der Waals surface area contributed by atoms with Crippen molar-refractivity contribution in [2.24, 2.45) is 5.41 Å². The van der Waals surface area contributed by atoms with E-state index in [1.807, 2.05) is 13.0 Å². The van der Waals surface area contributed by atoms with Crippen LogP contribution in [0.5, 0.6) is 0 Å². The lowest BCUT2D eigenvalue weighted by atomic mass is 9.90. The van der Waals surface area contributed by atoms with Crippen LogP contribution in [0.4, 0.5) is 10.3 Å². The van der Waals surface area contributed by atoms with Gasteiger partial charge in [0, 0.05) is 52.0 Å². The first-order valence-electron chi connectivity index (χ1n) is 12.3. The molecule has 4 heterocycles. The number of amides is 1. The molecule has 2 saturated heterocycles. The van der Waals surface area contributed by atoms with Gasteiger partial charge in [-0.15, -0.1) is 0 Å². The molecule has 0 bridgehead atoms. The number of carbonyl (C=O) groups is 1. The summed E-state index contributed by atoms with van der Waals surface area (Å²) in [5.74, 6) is 0.711. The van der Waals surface area contributed by atoms with Gasteiger partial charge in [0.25, 0.3) is 0 Å². The fourth-order valence-corrected chi connectivity index (χ4v) is 4.58. The summed E-state index contributed by atoms with van der Waals surface area (Å²) in [5.41, 5.74) is 1.86. The van der Waals surface area contributed by atoms with E-state index >= 15 is 0 Å². The van der Waals surface area contributed by atoms with Gasteiger partial charge in [0.15, 0.2) is 5.82 Å². The average molecular weight is 510 g/mol. The van der Waals surface area contributed by atoms with Crippen molar-refractivity contribution in [3.63, 3.8) is 0 Å². The van der Waals surface area contributed by atoms with Crippen LogP contribution < -0.4 is 4.90 Å². The van der Waals surface area contributed by atoms with Gasteiger partial charge in [-0.3, -0.25) is 4.79 Å². The van der Waals surface area contributed by atoms with Crippen LogP contribution in [0.1, 0.15) is 19.0 Å². The van der Waals surface area contributed by atoms with Crippen LogP contribution in [0.15, 0.2) is 36.5 Å². The first-order valence-corrected chi connectivity index (χ1v) is 12.3. The maximum Gasteiger partial charge on any atom is 0.232 e. The summed E-state index contributed by atoms with van der Waals surface area (Å²) in [6, 6.07) is 7.97. The molecule has 0 spiro atoms. The van der Waals surface area contributed by atoms with Crippen LogP contribution in [-0.2, 0) is 14.3 Å². The van der Waals surface area contributed by atoms with Crippen molar-refractivity contribution in [3.05, 3.63) is 48.2 Å². The minimum absolute atomic E-state index is 0.0597. The van der Waals surface area contributed by atoms with Crippen molar-refractivity contribution < 1.29 is 18.7 Å². The van der Waals surface area contributed by atoms with E-state index in [1.54, 1.807) is 32.4 Å². The van der Waals surface area contributed by atoms with Gasteiger partial charge in [0.1, 0.15) is 5.82 Å². The summed E-state index contributed by atoms with van der Waals surface area (Å²) in [6.07, 6.45) is 0.951. The number of nitrogens with zero attached hydrogens (tertiary/aromatic N) is 6. The van der Waals surface area contributed by atoms with Crippen LogP contribution >= 0.6 is 0 Å². The first kappa shape index (κ1) is 25.2. The van der Waals surface area contributed by atoms with Gasteiger partial charge >= 0.3 is 0 Å². The summed E-state index contributed by atoms with van der Waals surface area (Å²) >= 11 is 0. The van der Waals surface area contributed by atoms with E-state index in [2.05, 4.69) is 26.8 Å². The van der Waals surface area contributed by atoms with Gasteiger partial charge in [0.05, 0.1) is 35.7 Å². The molecule has 1 aromatic carbocycles. The van der Waals surface area contributed by atoms with E-state index < -0.39 is 11.7 Å². The molecule has 2 fully saturated rings. The SMILES string of the molecule is CN1CCN(c2nccc(-c3[nH]c(C4OCC(C)(C(=O)N(C)C)CO4)nc3-c3ccc(F)cc3)n2)CC1. The van der Waals surface area contributed by atoms with E-state index in [0.717, 1.165) is 31.7 Å². The number of aromatic nitrogens is 4. The Bertz CT molecular complexity index is 1250. The van der Waals surface area contributed by atoms with Crippen molar-refractivity contribution in [2.75, 3.05) is 65.4 Å². The third-order valence-electron chi connectivity index (χ3n) is 6.78. The lowest BCUT2D eigenvalue weighted by Gasteiger charge is -2.36. The highest BCUT2D eigenvalue weighted by Crippen LogP contribution is 2.36. The standard InChI is InChI=1S/C26H32FN7O3/c1-26(24(35)32(2)3)15-36-23(37-16-26)22-30-20(17-5-7-18(27)8-6-17)21(31-22)19-9-10-28-25(29-19)34-13-11-33(4)12-14-34/h5-10,23H,11-16H2,1-4H3,(H,30,31). The highest BCUT2D eigenvalue weighted by molar-refractivity contribution is 5.82. The molecule has 10 nitrogen and oxygen atoms in total. The van der Waals surface area contributed by atoms with Crippen molar-refractivity contribution >= 4 is 11.9 Å². The maximum atomic E-state index is 13.7. The van der Waals surface area contributed by atoms with Gasteiger partial charge in [-0.1, -0.05) is 0 Å². The van der Waals surface area contributed by atoms with Crippen LogP contribution in [0.2, 0.25) is 0 Å². The summed E-state index contributed by atoms with van der Waals surface area (Å²) in [7, 11) is 5.53. The largest absolute Gasteiger partial charge is 0.348 e. The van der Waals surface area contributed by atoms with Gasteiger partial charge in [-0.25, -0.2) is 19.3 Å². The Kier molecular flexibility index (Phi) is 6.93. The lowest BCUT2D eigenvalue weighted by molar-refractivity contribution is -0.233. The first-order chi connectivity index (χ1) is 17.7. The number of hydrogen-bond donors (Lipinski definition) is 1. The Morgan fingerprint density at radius 1 is 1.08 bits per heavy atom. The second-order valence-electron chi connectivity index (χ2n) is 10.1. The van der Waals surface area contributed by atoms with Crippen LogP contribution in [0.3, 0.4) is 0 Å². The number of benzene rings is 1. The molecule has 0 saturated carbocycles. The normalized spacial score (nSPS) is 22.7. The number of anilines is 1. The smallest absolute Gasteiger partial charge is 0.232 e. The molecular weight excluding hydrogens is 477 g/mol. The molecule has 1 N–H and O–H groups in total. The average Bonchev–Trinajstić information content (AvgIpc) is 3.35. The molecule has 2 aromatic heterocycles. The van der Waals surface area contributed by atoms with Gasteiger partial charge in [-0.05, 0) is 44.3 Å². The molecule has 11 heteroatoms. The topological polar surface area (TPSA) is 99.7 Å². The van der Waals surface area contributed by atoms with Crippen LogP contribution in [0, 0.1) is 11.2 Å². The van der Waals surface area contributed by atoms with Crippen molar-refractivity contribution in [1.29, 1.82) is 0 Å². The molecule has 2 aliphatic heterocycles. The predicted molar refractivity (Wildman–Crippen MR) is 136 cm³/mol. The molecule has 0 aliphatic carbocycles. The van der Waals surface area contributed by atoms with Crippen molar-refractivity contribution in [2.45, 2.75) is 13.2 Å². The third kappa shape index (κ3) is 5.20. The highest BCUT2D eigenvalue weighted by atomic mass is 19.1. The number of H-pyrrole nitrogens is 1. The Morgan fingerprint density at radius 3 is 2.41 bits per heavy atom. The quantitative estimate of drug-likeness (QED) is 0.560.